The van der Waals surface area contributed by atoms with Gasteiger partial charge in [-0.25, -0.2) is 9.97 Å². The van der Waals surface area contributed by atoms with E-state index in [1.165, 1.54) is 9.75 Å². The standard InChI is InChI=1S/C14H21N5S2/c1-4-10-6-16-12(20-10)8-18-14(15-3)19-9-13-17-7-11(5-2)21-13/h6-7H,4-5,8-9H2,1-3H3,(H2,15,18,19). The Balaban J connectivity index is 1.80. The molecule has 0 saturated carbocycles. The lowest BCUT2D eigenvalue weighted by atomic mass is 10.4. The van der Waals surface area contributed by atoms with Crippen LogP contribution < -0.4 is 10.6 Å². The average Bonchev–Trinajstić information content (AvgIpc) is 3.16. The number of nitrogens with zero attached hydrogens (tertiary/aromatic N) is 3. The molecule has 2 aromatic heterocycles. The van der Waals surface area contributed by atoms with Crippen molar-refractivity contribution in [2.24, 2.45) is 4.99 Å². The van der Waals surface area contributed by atoms with Crippen molar-refractivity contribution in [3.63, 3.8) is 0 Å². The van der Waals surface area contributed by atoms with Crippen LogP contribution in [0.2, 0.25) is 0 Å². The molecule has 2 aromatic rings. The number of aliphatic imine (C=N–C) groups is 1. The number of aromatic nitrogens is 2. The summed E-state index contributed by atoms with van der Waals surface area (Å²) >= 11 is 3.48. The van der Waals surface area contributed by atoms with Gasteiger partial charge in [0.15, 0.2) is 5.96 Å². The minimum Gasteiger partial charge on any atom is -0.350 e. The zero-order valence-corrected chi connectivity index (χ0v) is 14.3. The fraction of sp³-hybridized carbons (Fsp3) is 0.500. The summed E-state index contributed by atoms with van der Waals surface area (Å²) in [6.45, 7) is 5.68. The maximum Gasteiger partial charge on any atom is 0.191 e. The van der Waals surface area contributed by atoms with Gasteiger partial charge in [0.25, 0.3) is 0 Å². The second-order valence-corrected chi connectivity index (χ2v) is 6.83. The highest BCUT2D eigenvalue weighted by Crippen LogP contribution is 2.13. The zero-order valence-electron chi connectivity index (χ0n) is 12.6. The van der Waals surface area contributed by atoms with Gasteiger partial charge in [0.05, 0.1) is 13.1 Å². The average molecular weight is 323 g/mol. The van der Waals surface area contributed by atoms with Crippen molar-refractivity contribution in [1.82, 2.24) is 20.6 Å². The molecule has 21 heavy (non-hydrogen) atoms. The van der Waals surface area contributed by atoms with Crippen LogP contribution in [0.3, 0.4) is 0 Å². The molecule has 7 heteroatoms. The molecule has 0 aliphatic carbocycles. The van der Waals surface area contributed by atoms with Gasteiger partial charge < -0.3 is 10.6 Å². The SMILES string of the molecule is CCc1cnc(CNC(=NC)NCc2ncc(CC)s2)s1. The Morgan fingerprint density at radius 3 is 1.81 bits per heavy atom. The number of thiazole rings is 2. The van der Waals surface area contributed by atoms with Crippen molar-refractivity contribution in [3.8, 4) is 0 Å². The second-order valence-electron chi connectivity index (χ2n) is 4.43. The summed E-state index contributed by atoms with van der Waals surface area (Å²) in [5.41, 5.74) is 0. The van der Waals surface area contributed by atoms with Gasteiger partial charge >= 0.3 is 0 Å². The summed E-state index contributed by atoms with van der Waals surface area (Å²) in [5.74, 6) is 0.775. The van der Waals surface area contributed by atoms with Crippen LogP contribution in [0.5, 0.6) is 0 Å². The predicted molar refractivity (Wildman–Crippen MR) is 90.0 cm³/mol. The molecule has 5 nitrogen and oxygen atoms in total. The van der Waals surface area contributed by atoms with Crippen LogP contribution in [-0.4, -0.2) is 23.0 Å². The van der Waals surface area contributed by atoms with Gasteiger partial charge in [-0.15, -0.1) is 22.7 Å². The van der Waals surface area contributed by atoms with Crippen LogP contribution in [0.25, 0.3) is 0 Å². The van der Waals surface area contributed by atoms with Gasteiger partial charge in [0, 0.05) is 29.2 Å². The first-order chi connectivity index (χ1) is 10.2. The minimum atomic E-state index is 0.697. The van der Waals surface area contributed by atoms with Crippen molar-refractivity contribution < 1.29 is 0 Å². The molecule has 0 radical (unpaired) electrons. The van der Waals surface area contributed by atoms with E-state index >= 15 is 0 Å². The first-order valence-corrected chi connectivity index (χ1v) is 8.70. The Morgan fingerprint density at radius 2 is 1.48 bits per heavy atom. The van der Waals surface area contributed by atoms with Crippen LogP contribution in [0.15, 0.2) is 17.4 Å². The lowest BCUT2D eigenvalue weighted by Gasteiger charge is -2.09. The summed E-state index contributed by atoms with van der Waals surface area (Å²) in [5, 5.41) is 8.72. The Bertz CT molecular complexity index is 539. The summed E-state index contributed by atoms with van der Waals surface area (Å²) in [6, 6.07) is 0. The van der Waals surface area contributed by atoms with E-state index in [1.807, 2.05) is 12.4 Å². The molecule has 0 saturated heterocycles. The molecule has 0 spiro atoms. The molecule has 2 N–H and O–H groups in total. The van der Waals surface area contributed by atoms with Crippen molar-refractivity contribution in [2.45, 2.75) is 39.8 Å². The first kappa shape index (κ1) is 15.9. The summed E-state index contributed by atoms with van der Waals surface area (Å²) < 4.78 is 0. The second kappa shape index (κ2) is 8.09. The molecule has 0 fully saturated rings. The number of rotatable bonds is 6. The topological polar surface area (TPSA) is 62.2 Å². The molecular weight excluding hydrogens is 302 g/mol. The van der Waals surface area contributed by atoms with E-state index in [4.69, 9.17) is 0 Å². The number of nitrogens with one attached hydrogen (secondary N) is 2. The van der Waals surface area contributed by atoms with E-state index in [2.05, 4.69) is 39.4 Å². The van der Waals surface area contributed by atoms with E-state index < -0.39 is 0 Å². The molecule has 0 bridgehead atoms. The predicted octanol–water partition coefficient (Wildman–Crippen LogP) is 2.59. The van der Waals surface area contributed by atoms with Crippen LogP contribution in [0, 0.1) is 0 Å². The van der Waals surface area contributed by atoms with Crippen LogP contribution in [-0.2, 0) is 25.9 Å². The number of hydrogen-bond acceptors (Lipinski definition) is 5. The number of aryl methyl sites for hydroxylation is 2. The molecule has 114 valence electrons. The highest BCUT2D eigenvalue weighted by molar-refractivity contribution is 7.11. The van der Waals surface area contributed by atoms with E-state index in [9.17, 15) is 0 Å². The third-order valence-electron chi connectivity index (χ3n) is 2.94. The largest absolute Gasteiger partial charge is 0.350 e. The molecule has 0 aliphatic heterocycles. The highest BCUT2D eigenvalue weighted by atomic mass is 32.1. The summed E-state index contributed by atoms with van der Waals surface area (Å²) in [4.78, 5) is 15.6. The van der Waals surface area contributed by atoms with Gasteiger partial charge in [-0.1, -0.05) is 13.8 Å². The van der Waals surface area contributed by atoms with Gasteiger partial charge in [-0.2, -0.15) is 0 Å². The molecule has 2 heterocycles. The minimum absolute atomic E-state index is 0.697. The third-order valence-corrected chi connectivity index (χ3v) is 5.22. The lowest BCUT2D eigenvalue weighted by molar-refractivity contribution is 0.801. The van der Waals surface area contributed by atoms with Crippen molar-refractivity contribution in [1.29, 1.82) is 0 Å². The van der Waals surface area contributed by atoms with E-state index in [0.717, 1.165) is 28.8 Å². The van der Waals surface area contributed by atoms with Crippen molar-refractivity contribution >= 4 is 28.6 Å². The maximum atomic E-state index is 4.39. The fourth-order valence-corrected chi connectivity index (χ4v) is 3.33. The van der Waals surface area contributed by atoms with Gasteiger partial charge in [-0.3, -0.25) is 4.99 Å². The van der Waals surface area contributed by atoms with Crippen molar-refractivity contribution in [2.75, 3.05) is 7.05 Å². The summed E-state index contributed by atoms with van der Waals surface area (Å²) in [6.07, 6.45) is 5.96. The zero-order chi connectivity index (χ0) is 15.1. The fourth-order valence-electron chi connectivity index (χ4n) is 1.73. The molecule has 0 amide bonds. The number of hydrogen-bond donors (Lipinski definition) is 2. The monoisotopic (exact) mass is 323 g/mol. The first-order valence-electron chi connectivity index (χ1n) is 7.06. The Labute approximate surface area is 133 Å². The normalized spacial score (nSPS) is 10.4. The molecular formula is C14H21N5S2. The molecule has 2 rings (SSSR count). The molecule has 0 aromatic carbocycles. The van der Waals surface area contributed by atoms with E-state index in [-0.39, 0.29) is 0 Å². The lowest BCUT2D eigenvalue weighted by Crippen LogP contribution is -2.36. The van der Waals surface area contributed by atoms with Crippen LogP contribution >= 0.6 is 22.7 Å². The highest BCUT2D eigenvalue weighted by Gasteiger charge is 2.04. The molecule has 0 unspecified atom stereocenters. The smallest absolute Gasteiger partial charge is 0.191 e. The van der Waals surface area contributed by atoms with E-state index in [1.54, 1.807) is 29.7 Å². The summed E-state index contributed by atoms with van der Waals surface area (Å²) in [7, 11) is 1.77. The van der Waals surface area contributed by atoms with Crippen LogP contribution in [0.1, 0.15) is 33.6 Å². The molecule has 0 atom stereocenters. The molecule has 0 aliphatic rings. The van der Waals surface area contributed by atoms with Crippen molar-refractivity contribution in [3.05, 3.63) is 32.2 Å². The maximum absolute atomic E-state index is 4.39. The van der Waals surface area contributed by atoms with E-state index in [0.29, 0.717) is 13.1 Å². The van der Waals surface area contributed by atoms with Gasteiger partial charge in [-0.05, 0) is 12.8 Å². The van der Waals surface area contributed by atoms with Gasteiger partial charge in [0.1, 0.15) is 10.0 Å². The van der Waals surface area contributed by atoms with Crippen LogP contribution in [0.4, 0.5) is 0 Å². The third kappa shape index (κ3) is 4.78. The number of guanidine groups is 1. The van der Waals surface area contributed by atoms with Gasteiger partial charge in [0.2, 0.25) is 0 Å². The quantitative estimate of drug-likeness (QED) is 0.633. The Hall–Kier alpha value is -1.47. The Morgan fingerprint density at radius 1 is 1.00 bits per heavy atom. The Kier molecular flexibility index (Phi) is 6.13.